The first kappa shape index (κ1) is 21.9. The molecule has 0 atom stereocenters. The maximum atomic E-state index is 9.15. The van der Waals surface area contributed by atoms with E-state index in [0.717, 1.165) is 83.7 Å². The zero-order chi connectivity index (χ0) is 22.3. The molecule has 0 bridgehead atoms. The van der Waals surface area contributed by atoms with Gasteiger partial charge in [0.05, 0.1) is 11.1 Å². The number of fused-ring (bicyclic) bond motifs is 1. The molecule has 5 nitrogen and oxygen atoms in total. The van der Waals surface area contributed by atoms with Gasteiger partial charge in [-0.05, 0) is 82.9 Å². The van der Waals surface area contributed by atoms with Crippen LogP contribution < -0.4 is 10.4 Å². The molecule has 1 aromatic carbocycles. The lowest BCUT2D eigenvalue weighted by Crippen LogP contribution is -2.34. The van der Waals surface area contributed by atoms with E-state index < -0.39 is 0 Å². The quantitative estimate of drug-likeness (QED) is 0.644. The molecule has 4 rings (SSSR count). The molecular formula is C25H33BN4O. The molecule has 1 aliphatic rings. The normalized spacial score (nSPS) is 15.2. The summed E-state index contributed by atoms with van der Waals surface area (Å²) in [7, 11) is 6.09. The van der Waals surface area contributed by atoms with Gasteiger partial charge in [-0.1, -0.05) is 17.6 Å². The minimum Gasteiger partial charge on any atom is -0.396 e. The number of hydrogen-bond donors (Lipinski definition) is 1. The van der Waals surface area contributed by atoms with Crippen LogP contribution in [0.1, 0.15) is 53.9 Å². The van der Waals surface area contributed by atoms with Gasteiger partial charge in [0.25, 0.3) is 0 Å². The van der Waals surface area contributed by atoms with Gasteiger partial charge in [-0.3, -0.25) is 4.57 Å². The van der Waals surface area contributed by atoms with E-state index in [1.165, 1.54) is 11.3 Å². The maximum Gasteiger partial charge on any atom is 0.150 e. The second-order valence-electron chi connectivity index (χ2n) is 9.14. The van der Waals surface area contributed by atoms with Crippen molar-refractivity contribution in [2.24, 2.45) is 5.92 Å². The van der Waals surface area contributed by atoms with Gasteiger partial charge in [0.2, 0.25) is 0 Å². The van der Waals surface area contributed by atoms with Gasteiger partial charge in [-0.25, -0.2) is 9.97 Å². The monoisotopic (exact) mass is 416 g/mol. The van der Waals surface area contributed by atoms with Gasteiger partial charge in [0.15, 0.2) is 5.65 Å². The van der Waals surface area contributed by atoms with Crippen LogP contribution in [0.4, 0.5) is 5.82 Å². The zero-order valence-electron chi connectivity index (χ0n) is 19.5. The first-order valence-electron chi connectivity index (χ1n) is 11.4. The van der Waals surface area contributed by atoms with Gasteiger partial charge in [-0.15, -0.1) is 0 Å². The van der Waals surface area contributed by atoms with Crippen LogP contribution in [0.5, 0.6) is 0 Å². The molecule has 0 unspecified atom stereocenters. The van der Waals surface area contributed by atoms with Crippen molar-refractivity contribution in [3.8, 4) is 5.69 Å². The average molecular weight is 416 g/mol. The van der Waals surface area contributed by atoms with Crippen molar-refractivity contribution in [1.82, 2.24) is 14.5 Å². The lowest BCUT2D eigenvalue weighted by molar-refractivity contribution is 0.261. The molecule has 1 aliphatic heterocycles. The van der Waals surface area contributed by atoms with E-state index in [9.17, 15) is 0 Å². The van der Waals surface area contributed by atoms with Crippen LogP contribution in [0.3, 0.4) is 0 Å². The Bertz CT molecular complexity index is 1090. The van der Waals surface area contributed by atoms with Crippen LogP contribution in [0.2, 0.25) is 0 Å². The number of aliphatic hydroxyl groups is 1. The molecule has 0 spiro atoms. The SMILES string of the molecule is [B]c1cc(C)c(-n2c(C)c(C)c3c(N4CCC(CCCO)CC4)nc(C)nc32)c(C)c1. The topological polar surface area (TPSA) is 54.2 Å². The summed E-state index contributed by atoms with van der Waals surface area (Å²) in [5, 5.41) is 10.3. The van der Waals surface area contributed by atoms with E-state index in [2.05, 4.69) is 37.2 Å². The lowest BCUT2D eigenvalue weighted by atomic mass is 9.91. The smallest absolute Gasteiger partial charge is 0.150 e. The van der Waals surface area contributed by atoms with Crippen molar-refractivity contribution in [2.45, 2.75) is 60.3 Å². The number of aromatic nitrogens is 3. The third kappa shape index (κ3) is 3.98. The Morgan fingerprint density at radius 3 is 2.29 bits per heavy atom. The Balaban J connectivity index is 1.82. The van der Waals surface area contributed by atoms with Crippen LogP contribution in [-0.4, -0.2) is 47.2 Å². The minimum atomic E-state index is 0.294. The Morgan fingerprint density at radius 1 is 1.03 bits per heavy atom. The summed E-state index contributed by atoms with van der Waals surface area (Å²) in [5.41, 5.74) is 7.68. The highest BCUT2D eigenvalue weighted by molar-refractivity contribution is 6.32. The number of aliphatic hydroxyl groups excluding tert-OH is 1. The molecule has 3 heterocycles. The Morgan fingerprint density at radius 2 is 1.68 bits per heavy atom. The summed E-state index contributed by atoms with van der Waals surface area (Å²) < 4.78 is 2.29. The fourth-order valence-corrected chi connectivity index (χ4v) is 5.21. The molecule has 0 amide bonds. The van der Waals surface area contributed by atoms with Crippen molar-refractivity contribution in [2.75, 3.05) is 24.6 Å². The van der Waals surface area contributed by atoms with Crippen LogP contribution in [0, 0.1) is 40.5 Å². The summed E-state index contributed by atoms with van der Waals surface area (Å²) in [6.07, 6.45) is 4.33. The molecule has 1 N–H and O–H groups in total. The first-order valence-corrected chi connectivity index (χ1v) is 11.4. The molecule has 6 heteroatoms. The third-order valence-electron chi connectivity index (χ3n) is 6.87. The van der Waals surface area contributed by atoms with Crippen LogP contribution in [-0.2, 0) is 0 Å². The van der Waals surface area contributed by atoms with E-state index in [1.54, 1.807) is 0 Å². The summed E-state index contributed by atoms with van der Waals surface area (Å²) >= 11 is 0. The first-order chi connectivity index (χ1) is 14.8. The molecule has 0 aliphatic carbocycles. The number of anilines is 1. The number of hydrogen-bond acceptors (Lipinski definition) is 4. The van der Waals surface area contributed by atoms with E-state index in [1.807, 2.05) is 19.1 Å². The molecule has 162 valence electrons. The van der Waals surface area contributed by atoms with E-state index in [-0.39, 0.29) is 0 Å². The van der Waals surface area contributed by atoms with Gasteiger partial charge in [-0.2, -0.15) is 0 Å². The summed E-state index contributed by atoms with van der Waals surface area (Å²) in [5.74, 6) is 2.57. The highest BCUT2D eigenvalue weighted by atomic mass is 16.2. The van der Waals surface area contributed by atoms with E-state index in [0.29, 0.717) is 12.5 Å². The number of nitrogens with zero attached hydrogens (tertiary/aromatic N) is 4. The number of rotatable bonds is 5. The Kier molecular flexibility index (Phi) is 6.11. The Labute approximate surface area is 186 Å². The van der Waals surface area contributed by atoms with Crippen LogP contribution in [0.15, 0.2) is 12.1 Å². The highest BCUT2D eigenvalue weighted by Gasteiger charge is 2.26. The van der Waals surface area contributed by atoms with Gasteiger partial charge < -0.3 is 10.0 Å². The molecule has 31 heavy (non-hydrogen) atoms. The van der Waals surface area contributed by atoms with Gasteiger partial charge >= 0.3 is 0 Å². The van der Waals surface area contributed by atoms with Crippen molar-refractivity contribution in [3.63, 3.8) is 0 Å². The average Bonchev–Trinajstić information content (AvgIpc) is 2.96. The van der Waals surface area contributed by atoms with Crippen molar-refractivity contribution in [3.05, 3.63) is 40.3 Å². The fourth-order valence-electron chi connectivity index (χ4n) is 5.21. The predicted octanol–water partition coefficient (Wildman–Crippen LogP) is 3.75. The molecule has 3 aromatic rings. The lowest BCUT2D eigenvalue weighted by Gasteiger charge is -2.33. The number of benzene rings is 1. The van der Waals surface area contributed by atoms with Gasteiger partial charge in [0, 0.05) is 25.4 Å². The minimum absolute atomic E-state index is 0.294. The molecule has 2 aromatic heterocycles. The molecule has 1 fully saturated rings. The standard InChI is InChI=1S/C25H33BN4O/c1-15-13-21(26)14-16(2)23(15)30-18(4)17(3)22-24(27-19(5)28-25(22)30)29-10-8-20(9-11-29)7-6-12-31/h13-14,20,31H,6-12H2,1-5H3. The van der Waals surface area contributed by atoms with Gasteiger partial charge in [0.1, 0.15) is 19.5 Å². The van der Waals surface area contributed by atoms with E-state index in [4.69, 9.17) is 22.9 Å². The molecule has 2 radical (unpaired) electrons. The largest absolute Gasteiger partial charge is 0.396 e. The van der Waals surface area contributed by atoms with E-state index >= 15 is 0 Å². The van der Waals surface area contributed by atoms with Crippen molar-refractivity contribution >= 4 is 30.2 Å². The highest BCUT2D eigenvalue weighted by Crippen LogP contribution is 2.36. The predicted molar refractivity (Wildman–Crippen MR) is 129 cm³/mol. The molecule has 1 saturated heterocycles. The third-order valence-corrected chi connectivity index (χ3v) is 6.87. The second-order valence-corrected chi connectivity index (χ2v) is 9.14. The second kappa shape index (κ2) is 8.66. The van der Waals surface area contributed by atoms with Crippen LogP contribution >= 0.6 is 0 Å². The summed E-state index contributed by atoms with van der Waals surface area (Å²) in [6, 6.07) is 4.07. The molecular weight excluding hydrogens is 383 g/mol. The zero-order valence-corrected chi connectivity index (χ0v) is 19.5. The Hall–Kier alpha value is -2.34. The number of piperidine rings is 1. The molecule has 0 saturated carbocycles. The van der Waals surface area contributed by atoms with Crippen molar-refractivity contribution in [1.29, 1.82) is 0 Å². The van der Waals surface area contributed by atoms with Crippen LogP contribution in [0.25, 0.3) is 16.7 Å². The summed E-state index contributed by atoms with van der Waals surface area (Å²) in [4.78, 5) is 12.3. The number of aryl methyl sites for hydroxylation is 4. The summed E-state index contributed by atoms with van der Waals surface area (Å²) in [6.45, 7) is 12.9. The fraction of sp³-hybridized carbons (Fsp3) is 0.520. The maximum absolute atomic E-state index is 9.15. The van der Waals surface area contributed by atoms with Crippen molar-refractivity contribution < 1.29 is 5.11 Å².